The Bertz CT molecular complexity index is 739. The van der Waals surface area contributed by atoms with Crippen molar-refractivity contribution in [2.75, 3.05) is 10.6 Å². The van der Waals surface area contributed by atoms with Gasteiger partial charge in [-0.15, -0.1) is 11.3 Å². The number of benzene rings is 1. The SMILES string of the molecule is CC(=O)Nc1ccc(NC(=O)c2sc(C(F)(F)F)nc2C)cc1. The van der Waals surface area contributed by atoms with Gasteiger partial charge in [-0.3, -0.25) is 9.59 Å². The van der Waals surface area contributed by atoms with E-state index >= 15 is 0 Å². The van der Waals surface area contributed by atoms with Crippen LogP contribution in [0.1, 0.15) is 27.3 Å². The highest BCUT2D eigenvalue weighted by molar-refractivity contribution is 7.14. The Balaban J connectivity index is 2.13. The third kappa shape index (κ3) is 4.28. The number of rotatable bonds is 3. The Hall–Kier alpha value is -2.42. The van der Waals surface area contributed by atoms with Gasteiger partial charge in [0.2, 0.25) is 5.91 Å². The van der Waals surface area contributed by atoms with Gasteiger partial charge in [0, 0.05) is 18.3 Å². The minimum atomic E-state index is -4.58. The van der Waals surface area contributed by atoms with Crippen molar-refractivity contribution in [2.45, 2.75) is 20.0 Å². The third-order valence-corrected chi connectivity index (χ3v) is 3.91. The first-order chi connectivity index (χ1) is 10.7. The lowest BCUT2D eigenvalue weighted by Crippen LogP contribution is -2.11. The van der Waals surface area contributed by atoms with Gasteiger partial charge < -0.3 is 10.6 Å². The van der Waals surface area contributed by atoms with Gasteiger partial charge in [-0.25, -0.2) is 4.98 Å². The summed E-state index contributed by atoms with van der Waals surface area (Å²) in [6, 6.07) is 6.20. The van der Waals surface area contributed by atoms with Gasteiger partial charge in [0.05, 0.1) is 5.69 Å². The van der Waals surface area contributed by atoms with Crippen molar-refractivity contribution in [3.05, 3.63) is 39.8 Å². The molecule has 0 saturated heterocycles. The lowest BCUT2D eigenvalue weighted by molar-refractivity contribution is -0.137. The Morgan fingerprint density at radius 3 is 2.04 bits per heavy atom. The van der Waals surface area contributed by atoms with E-state index < -0.39 is 17.1 Å². The maximum absolute atomic E-state index is 12.6. The molecule has 23 heavy (non-hydrogen) atoms. The van der Waals surface area contributed by atoms with Crippen molar-refractivity contribution in [1.82, 2.24) is 4.98 Å². The van der Waals surface area contributed by atoms with Crippen LogP contribution >= 0.6 is 11.3 Å². The summed E-state index contributed by atoms with van der Waals surface area (Å²) in [6.45, 7) is 2.71. The van der Waals surface area contributed by atoms with Gasteiger partial charge in [-0.05, 0) is 31.2 Å². The molecule has 0 bridgehead atoms. The molecule has 2 amide bonds. The summed E-state index contributed by atoms with van der Waals surface area (Å²) < 4.78 is 37.8. The summed E-state index contributed by atoms with van der Waals surface area (Å²) in [5.74, 6) is -0.899. The third-order valence-electron chi connectivity index (χ3n) is 2.71. The van der Waals surface area contributed by atoms with Crippen molar-refractivity contribution < 1.29 is 22.8 Å². The molecule has 0 aliphatic rings. The molecule has 0 aliphatic carbocycles. The van der Waals surface area contributed by atoms with E-state index in [9.17, 15) is 22.8 Å². The predicted molar refractivity (Wildman–Crippen MR) is 80.6 cm³/mol. The van der Waals surface area contributed by atoms with Crippen LogP contribution in [0.4, 0.5) is 24.5 Å². The van der Waals surface area contributed by atoms with Gasteiger partial charge in [-0.1, -0.05) is 0 Å². The zero-order chi connectivity index (χ0) is 17.2. The van der Waals surface area contributed by atoms with Crippen LogP contribution in [0.3, 0.4) is 0 Å². The first-order valence-electron chi connectivity index (χ1n) is 6.40. The number of nitrogens with zero attached hydrogens (tertiary/aromatic N) is 1. The molecule has 2 aromatic rings. The van der Waals surface area contributed by atoms with E-state index in [1.807, 2.05) is 0 Å². The Morgan fingerprint density at radius 2 is 1.61 bits per heavy atom. The van der Waals surface area contributed by atoms with Gasteiger partial charge >= 0.3 is 6.18 Å². The maximum atomic E-state index is 12.6. The number of aryl methyl sites for hydroxylation is 1. The molecule has 9 heteroatoms. The van der Waals surface area contributed by atoms with Crippen LogP contribution in [0.5, 0.6) is 0 Å². The van der Waals surface area contributed by atoms with Crippen molar-refractivity contribution >= 4 is 34.5 Å². The number of nitrogens with one attached hydrogen (secondary N) is 2. The zero-order valence-corrected chi connectivity index (χ0v) is 12.9. The molecule has 5 nitrogen and oxygen atoms in total. The molecule has 0 radical (unpaired) electrons. The molecule has 0 spiro atoms. The molecule has 0 fully saturated rings. The molecule has 0 atom stereocenters. The highest BCUT2D eigenvalue weighted by atomic mass is 32.1. The summed E-state index contributed by atoms with van der Waals surface area (Å²) >= 11 is 0.300. The van der Waals surface area contributed by atoms with Crippen LogP contribution in [-0.4, -0.2) is 16.8 Å². The average molecular weight is 343 g/mol. The quantitative estimate of drug-likeness (QED) is 0.893. The van der Waals surface area contributed by atoms with E-state index in [4.69, 9.17) is 0 Å². The molecule has 1 heterocycles. The van der Waals surface area contributed by atoms with Gasteiger partial charge in [0.25, 0.3) is 5.91 Å². The number of aromatic nitrogens is 1. The molecule has 1 aromatic heterocycles. The molecule has 122 valence electrons. The van der Waals surface area contributed by atoms with E-state index in [1.165, 1.54) is 26.0 Å². The monoisotopic (exact) mass is 343 g/mol. The van der Waals surface area contributed by atoms with E-state index in [0.717, 1.165) is 0 Å². The number of alkyl halides is 3. The molecule has 2 N–H and O–H groups in total. The summed E-state index contributed by atoms with van der Waals surface area (Å²) in [5, 5.41) is 4.00. The smallest absolute Gasteiger partial charge is 0.326 e. The van der Waals surface area contributed by atoms with Crippen LogP contribution in [-0.2, 0) is 11.0 Å². The molecule has 0 aliphatic heterocycles. The number of anilines is 2. The minimum absolute atomic E-state index is 0.0229. The Labute approximate surface area is 133 Å². The number of halogens is 3. The highest BCUT2D eigenvalue weighted by Gasteiger charge is 2.36. The molecule has 2 rings (SSSR count). The van der Waals surface area contributed by atoms with Crippen molar-refractivity contribution in [3.63, 3.8) is 0 Å². The van der Waals surface area contributed by atoms with Crippen LogP contribution in [0.2, 0.25) is 0 Å². The van der Waals surface area contributed by atoms with Gasteiger partial charge in [0.15, 0.2) is 5.01 Å². The minimum Gasteiger partial charge on any atom is -0.326 e. The number of hydrogen-bond donors (Lipinski definition) is 2. The topological polar surface area (TPSA) is 71.1 Å². The zero-order valence-electron chi connectivity index (χ0n) is 12.1. The van der Waals surface area contributed by atoms with Crippen molar-refractivity contribution in [3.8, 4) is 0 Å². The standard InChI is InChI=1S/C14H12F3N3O2S/c1-7-11(23-13(18-7)14(15,16)17)12(22)20-10-5-3-9(4-6-10)19-8(2)21/h3-6H,1-2H3,(H,19,21)(H,20,22). The fourth-order valence-electron chi connectivity index (χ4n) is 1.76. The van der Waals surface area contributed by atoms with Gasteiger partial charge in [-0.2, -0.15) is 13.2 Å². The summed E-state index contributed by atoms with van der Waals surface area (Å²) in [7, 11) is 0. The lowest BCUT2D eigenvalue weighted by atomic mass is 10.2. The second kappa shape index (κ2) is 6.37. The Kier molecular flexibility index (Phi) is 4.69. The van der Waals surface area contributed by atoms with Crippen LogP contribution in [0.25, 0.3) is 0 Å². The second-order valence-electron chi connectivity index (χ2n) is 4.64. The summed E-state index contributed by atoms with van der Waals surface area (Å²) in [6.07, 6.45) is -4.58. The molecule has 1 aromatic carbocycles. The molecule has 0 unspecified atom stereocenters. The number of thiazole rings is 1. The maximum Gasteiger partial charge on any atom is 0.443 e. The highest BCUT2D eigenvalue weighted by Crippen LogP contribution is 2.34. The summed E-state index contributed by atoms with van der Waals surface area (Å²) in [5.41, 5.74) is 0.962. The fourth-order valence-corrected chi connectivity index (χ4v) is 2.59. The van der Waals surface area contributed by atoms with Crippen molar-refractivity contribution in [2.24, 2.45) is 0 Å². The molecular formula is C14H12F3N3O2S. The van der Waals surface area contributed by atoms with E-state index in [0.29, 0.717) is 22.7 Å². The number of carbonyl (C=O) groups excluding carboxylic acids is 2. The van der Waals surface area contributed by atoms with Crippen LogP contribution < -0.4 is 10.6 Å². The van der Waals surface area contributed by atoms with E-state index in [-0.39, 0.29) is 16.5 Å². The normalized spacial score (nSPS) is 11.2. The number of carbonyl (C=O) groups is 2. The number of hydrogen-bond acceptors (Lipinski definition) is 4. The van der Waals surface area contributed by atoms with E-state index in [2.05, 4.69) is 15.6 Å². The van der Waals surface area contributed by atoms with E-state index in [1.54, 1.807) is 12.1 Å². The number of amides is 2. The molecule has 0 saturated carbocycles. The predicted octanol–water partition coefficient (Wildman–Crippen LogP) is 3.68. The lowest BCUT2D eigenvalue weighted by Gasteiger charge is -2.06. The fraction of sp³-hybridized carbons (Fsp3) is 0.214. The Morgan fingerprint density at radius 1 is 1.09 bits per heavy atom. The van der Waals surface area contributed by atoms with Gasteiger partial charge in [0.1, 0.15) is 4.88 Å². The molecular weight excluding hydrogens is 331 g/mol. The first-order valence-corrected chi connectivity index (χ1v) is 7.22. The van der Waals surface area contributed by atoms with Crippen LogP contribution in [0, 0.1) is 6.92 Å². The van der Waals surface area contributed by atoms with Crippen LogP contribution in [0.15, 0.2) is 24.3 Å². The largest absolute Gasteiger partial charge is 0.443 e. The summed E-state index contributed by atoms with van der Waals surface area (Å²) in [4.78, 5) is 26.2. The first kappa shape index (κ1) is 16.9. The second-order valence-corrected chi connectivity index (χ2v) is 5.64. The average Bonchev–Trinajstić information content (AvgIpc) is 2.82. The van der Waals surface area contributed by atoms with Crippen molar-refractivity contribution in [1.29, 1.82) is 0 Å².